The van der Waals surface area contributed by atoms with E-state index >= 15 is 0 Å². The molecule has 0 aliphatic heterocycles. The molecule has 0 spiro atoms. The Balaban J connectivity index is 2.34. The van der Waals surface area contributed by atoms with Gasteiger partial charge in [0.05, 0.1) is 0 Å². The molecule has 1 aromatic heterocycles. The third-order valence-corrected chi connectivity index (χ3v) is 2.54. The lowest BCUT2D eigenvalue weighted by Gasteiger charge is -2.05. The SMILES string of the molecule is CCCCCC(=O)NCc1ccc(C(=O)O)nc1. The van der Waals surface area contributed by atoms with Gasteiger partial charge in [0.25, 0.3) is 0 Å². The number of carbonyl (C=O) groups excluding carboxylic acids is 1. The molecule has 98 valence electrons. The van der Waals surface area contributed by atoms with Gasteiger partial charge in [0.15, 0.2) is 0 Å². The summed E-state index contributed by atoms with van der Waals surface area (Å²) >= 11 is 0. The maximum absolute atomic E-state index is 11.4. The van der Waals surface area contributed by atoms with Crippen molar-refractivity contribution in [1.82, 2.24) is 10.3 Å². The van der Waals surface area contributed by atoms with Gasteiger partial charge >= 0.3 is 5.97 Å². The summed E-state index contributed by atoms with van der Waals surface area (Å²) in [5, 5.41) is 11.5. The molecule has 0 unspecified atom stereocenters. The Morgan fingerprint density at radius 2 is 2.11 bits per heavy atom. The number of carbonyl (C=O) groups is 2. The van der Waals surface area contributed by atoms with Crippen LogP contribution in [0.15, 0.2) is 18.3 Å². The minimum Gasteiger partial charge on any atom is -0.477 e. The standard InChI is InChI=1S/C13H18N2O3/c1-2-3-4-5-12(16)15-9-10-6-7-11(13(17)18)14-8-10/h6-8H,2-5,9H2,1H3,(H,15,16)(H,17,18). The van der Waals surface area contributed by atoms with Gasteiger partial charge in [0, 0.05) is 19.2 Å². The summed E-state index contributed by atoms with van der Waals surface area (Å²) in [7, 11) is 0. The van der Waals surface area contributed by atoms with E-state index in [2.05, 4.69) is 17.2 Å². The molecule has 18 heavy (non-hydrogen) atoms. The van der Waals surface area contributed by atoms with Crippen LogP contribution in [0, 0.1) is 0 Å². The molecule has 0 bridgehead atoms. The van der Waals surface area contributed by atoms with Crippen LogP contribution in [0.5, 0.6) is 0 Å². The Kier molecular flexibility index (Phi) is 5.84. The third kappa shape index (κ3) is 4.95. The Morgan fingerprint density at radius 1 is 1.33 bits per heavy atom. The topological polar surface area (TPSA) is 79.3 Å². The van der Waals surface area contributed by atoms with E-state index in [-0.39, 0.29) is 11.6 Å². The van der Waals surface area contributed by atoms with Crippen molar-refractivity contribution in [3.63, 3.8) is 0 Å². The first-order valence-corrected chi connectivity index (χ1v) is 6.08. The first kappa shape index (κ1) is 14.2. The first-order chi connectivity index (χ1) is 8.63. The molecule has 0 radical (unpaired) electrons. The molecule has 2 N–H and O–H groups in total. The summed E-state index contributed by atoms with van der Waals surface area (Å²) in [4.78, 5) is 25.8. The highest BCUT2D eigenvalue weighted by atomic mass is 16.4. The second kappa shape index (κ2) is 7.42. The van der Waals surface area contributed by atoms with Crippen LogP contribution in [0.3, 0.4) is 0 Å². The lowest BCUT2D eigenvalue weighted by atomic mass is 10.2. The predicted molar refractivity (Wildman–Crippen MR) is 67.2 cm³/mol. The molecule has 0 atom stereocenters. The Morgan fingerprint density at radius 3 is 2.67 bits per heavy atom. The molecule has 0 saturated carbocycles. The predicted octanol–water partition coefficient (Wildman–Crippen LogP) is 1.98. The Hall–Kier alpha value is -1.91. The summed E-state index contributed by atoms with van der Waals surface area (Å²) in [6.07, 6.45) is 5.05. The smallest absolute Gasteiger partial charge is 0.354 e. The van der Waals surface area contributed by atoms with Crippen molar-refractivity contribution in [2.24, 2.45) is 0 Å². The highest BCUT2D eigenvalue weighted by Crippen LogP contribution is 2.02. The number of aromatic nitrogens is 1. The molecule has 5 nitrogen and oxygen atoms in total. The van der Waals surface area contributed by atoms with E-state index in [4.69, 9.17) is 5.11 Å². The average Bonchev–Trinajstić information content (AvgIpc) is 2.37. The van der Waals surface area contributed by atoms with E-state index in [1.807, 2.05) is 0 Å². The fourth-order valence-electron chi connectivity index (χ4n) is 1.48. The molecular formula is C13H18N2O3. The van der Waals surface area contributed by atoms with E-state index in [1.54, 1.807) is 6.07 Å². The van der Waals surface area contributed by atoms with Gasteiger partial charge in [-0.1, -0.05) is 25.8 Å². The van der Waals surface area contributed by atoms with E-state index in [0.29, 0.717) is 13.0 Å². The number of hydrogen-bond donors (Lipinski definition) is 2. The number of hydrogen-bond acceptors (Lipinski definition) is 3. The summed E-state index contributed by atoms with van der Waals surface area (Å²) < 4.78 is 0. The van der Waals surface area contributed by atoms with E-state index in [1.165, 1.54) is 12.3 Å². The second-order valence-electron chi connectivity index (χ2n) is 4.09. The molecule has 5 heteroatoms. The summed E-state index contributed by atoms with van der Waals surface area (Å²) in [5.41, 5.74) is 0.803. The molecule has 1 rings (SSSR count). The third-order valence-electron chi connectivity index (χ3n) is 2.54. The van der Waals surface area contributed by atoms with Crippen LogP contribution in [0.1, 0.15) is 48.7 Å². The van der Waals surface area contributed by atoms with Gasteiger partial charge in [-0.05, 0) is 18.1 Å². The molecule has 1 aromatic rings. The zero-order chi connectivity index (χ0) is 13.4. The van der Waals surface area contributed by atoms with E-state index < -0.39 is 5.97 Å². The zero-order valence-electron chi connectivity index (χ0n) is 10.5. The molecule has 0 saturated heterocycles. The van der Waals surface area contributed by atoms with E-state index in [0.717, 1.165) is 24.8 Å². The fraction of sp³-hybridized carbons (Fsp3) is 0.462. The monoisotopic (exact) mass is 250 g/mol. The molecular weight excluding hydrogens is 232 g/mol. The highest BCUT2D eigenvalue weighted by molar-refractivity contribution is 5.85. The number of aromatic carboxylic acids is 1. The summed E-state index contributed by atoms with van der Waals surface area (Å²) in [6, 6.07) is 3.09. The molecule has 1 heterocycles. The van der Waals surface area contributed by atoms with Gasteiger partial charge in [0.1, 0.15) is 5.69 Å². The summed E-state index contributed by atoms with van der Waals surface area (Å²) in [6.45, 7) is 2.48. The lowest BCUT2D eigenvalue weighted by Crippen LogP contribution is -2.22. The largest absolute Gasteiger partial charge is 0.477 e. The summed E-state index contributed by atoms with van der Waals surface area (Å²) in [5.74, 6) is -1.03. The van der Waals surface area contributed by atoms with Crippen molar-refractivity contribution in [1.29, 1.82) is 0 Å². The fourth-order valence-corrected chi connectivity index (χ4v) is 1.48. The van der Waals surface area contributed by atoms with Gasteiger partial charge in [-0.2, -0.15) is 0 Å². The average molecular weight is 250 g/mol. The quantitative estimate of drug-likeness (QED) is 0.725. The second-order valence-corrected chi connectivity index (χ2v) is 4.09. The maximum atomic E-state index is 11.4. The zero-order valence-corrected chi connectivity index (χ0v) is 10.5. The Labute approximate surface area is 106 Å². The number of carboxylic acids is 1. The lowest BCUT2D eigenvalue weighted by molar-refractivity contribution is -0.121. The van der Waals surface area contributed by atoms with Crippen molar-refractivity contribution in [2.45, 2.75) is 39.2 Å². The van der Waals surface area contributed by atoms with Crippen molar-refractivity contribution in [2.75, 3.05) is 0 Å². The molecule has 0 aliphatic carbocycles. The number of nitrogens with zero attached hydrogens (tertiary/aromatic N) is 1. The van der Waals surface area contributed by atoms with Crippen molar-refractivity contribution in [3.8, 4) is 0 Å². The maximum Gasteiger partial charge on any atom is 0.354 e. The van der Waals surface area contributed by atoms with Gasteiger partial charge < -0.3 is 10.4 Å². The number of rotatable bonds is 7. The van der Waals surface area contributed by atoms with E-state index in [9.17, 15) is 9.59 Å². The van der Waals surface area contributed by atoms with Crippen molar-refractivity contribution in [3.05, 3.63) is 29.6 Å². The van der Waals surface area contributed by atoms with Crippen LogP contribution >= 0.6 is 0 Å². The number of amides is 1. The van der Waals surface area contributed by atoms with Crippen molar-refractivity contribution < 1.29 is 14.7 Å². The highest BCUT2D eigenvalue weighted by Gasteiger charge is 2.04. The molecule has 1 amide bonds. The number of nitrogens with one attached hydrogen (secondary N) is 1. The molecule has 0 aliphatic rings. The number of pyridine rings is 1. The molecule has 0 aromatic carbocycles. The van der Waals surface area contributed by atoms with Crippen molar-refractivity contribution >= 4 is 11.9 Å². The van der Waals surface area contributed by atoms with Crippen LogP contribution in [0.25, 0.3) is 0 Å². The van der Waals surface area contributed by atoms with Gasteiger partial charge in [0.2, 0.25) is 5.91 Å². The van der Waals surface area contributed by atoms with Gasteiger partial charge in [-0.3, -0.25) is 4.79 Å². The minimum absolute atomic E-state index is 0.00743. The van der Waals surface area contributed by atoms with Crippen LogP contribution in [0.2, 0.25) is 0 Å². The van der Waals surface area contributed by atoms with Gasteiger partial charge in [-0.15, -0.1) is 0 Å². The first-order valence-electron chi connectivity index (χ1n) is 6.08. The molecule has 0 fully saturated rings. The van der Waals surface area contributed by atoms with Crippen LogP contribution in [-0.4, -0.2) is 22.0 Å². The minimum atomic E-state index is -1.05. The van der Waals surface area contributed by atoms with Crippen LogP contribution < -0.4 is 5.32 Å². The van der Waals surface area contributed by atoms with Crippen LogP contribution in [-0.2, 0) is 11.3 Å². The number of carboxylic acid groups (broad SMARTS) is 1. The Bertz CT molecular complexity index is 401. The normalized spacial score (nSPS) is 10.1. The van der Waals surface area contributed by atoms with Gasteiger partial charge in [-0.25, -0.2) is 9.78 Å². The number of unbranched alkanes of at least 4 members (excludes halogenated alkanes) is 2. The van der Waals surface area contributed by atoms with Crippen LogP contribution in [0.4, 0.5) is 0 Å².